The van der Waals surface area contributed by atoms with Crippen molar-refractivity contribution in [1.29, 1.82) is 0 Å². The Balaban J connectivity index is 2.51. The zero-order valence-corrected chi connectivity index (χ0v) is 8.13. The molecule has 0 spiro atoms. The summed E-state index contributed by atoms with van der Waals surface area (Å²) in [4.78, 5) is 10.7. The number of rotatable bonds is 1. The summed E-state index contributed by atoms with van der Waals surface area (Å²) in [6.07, 6.45) is 2.83. The average molecular weight is 170 g/mol. The van der Waals surface area contributed by atoms with Gasteiger partial charge in [0.2, 0.25) is 0 Å². The number of carboxylic acid groups (broad SMARTS) is 1. The third-order valence-corrected chi connectivity index (χ3v) is 3.01. The van der Waals surface area contributed by atoms with E-state index in [1.807, 2.05) is 0 Å². The van der Waals surface area contributed by atoms with E-state index in [0.717, 1.165) is 19.3 Å². The standard InChI is InChI=1S/C10H18O2/c1-10(2,3)8-5-4-7(6-8)9(11)12/h7-8H,4-6H2,1-3H3,(H,11,12)/t7-,8+/m1/s1. The summed E-state index contributed by atoms with van der Waals surface area (Å²) in [5.74, 6) is -0.0884. The van der Waals surface area contributed by atoms with Crippen molar-refractivity contribution in [3.8, 4) is 0 Å². The van der Waals surface area contributed by atoms with Crippen LogP contribution in [0.5, 0.6) is 0 Å². The molecule has 0 heterocycles. The SMILES string of the molecule is CC(C)(C)[C@H]1CC[C@@H](C(=O)O)C1. The van der Waals surface area contributed by atoms with Crippen LogP contribution < -0.4 is 0 Å². The van der Waals surface area contributed by atoms with Gasteiger partial charge in [-0.3, -0.25) is 4.79 Å². The molecule has 0 bridgehead atoms. The van der Waals surface area contributed by atoms with Crippen LogP contribution in [0.15, 0.2) is 0 Å². The van der Waals surface area contributed by atoms with E-state index < -0.39 is 5.97 Å². The Hall–Kier alpha value is -0.530. The summed E-state index contributed by atoms with van der Waals surface area (Å²) in [5.41, 5.74) is 0.282. The van der Waals surface area contributed by atoms with Gasteiger partial charge in [0.25, 0.3) is 0 Å². The maximum Gasteiger partial charge on any atom is 0.306 e. The topological polar surface area (TPSA) is 37.3 Å². The number of hydrogen-bond donors (Lipinski definition) is 1. The molecule has 70 valence electrons. The molecule has 0 unspecified atom stereocenters. The number of carbonyl (C=O) groups is 1. The van der Waals surface area contributed by atoms with Crippen LogP contribution in [0.1, 0.15) is 40.0 Å². The van der Waals surface area contributed by atoms with Crippen molar-refractivity contribution in [2.75, 3.05) is 0 Å². The Labute approximate surface area is 74.0 Å². The highest BCUT2D eigenvalue weighted by atomic mass is 16.4. The number of hydrogen-bond acceptors (Lipinski definition) is 1. The van der Waals surface area contributed by atoms with Crippen LogP contribution in [0.4, 0.5) is 0 Å². The van der Waals surface area contributed by atoms with Gasteiger partial charge in [-0.15, -0.1) is 0 Å². The van der Waals surface area contributed by atoms with Crippen LogP contribution in [0, 0.1) is 17.3 Å². The second-order valence-electron chi connectivity index (χ2n) is 4.91. The monoisotopic (exact) mass is 170 g/mol. The highest BCUT2D eigenvalue weighted by molar-refractivity contribution is 5.70. The molecular weight excluding hydrogens is 152 g/mol. The van der Waals surface area contributed by atoms with Gasteiger partial charge >= 0.3 is 5.97 Å². The maximum absolute atomic E-state index is 10.7. The Morgan fingerprint density at radius 1 is 1.33 bits per heavy atom. The number of carboxylic acids is 1. The van der Waals surface area contributed by atoms with Crippen molar-refractivity contribution < 1.29 is 9.90 Å². The van der Waals surface area contributed by atoms with Crippen LogP contribution in [-0.2, 0) is 4.79 Å². The maximum atomic E-state index is 10.7. The largest absolute Gasteiger partial charge is 0.481 e. The summed E-state index contributed by atoms with van der Waals surface area (Å²) < 4.78 is 0. The van der Waals surface area contributed by atoms with Gasteiger partial charge in [0.1, 0.15) is 0 Å². The third kappa shape index (κ3) is 1.99. The van der Waals surface area contributed by atoms with Gasteiger partial charge in [0.15, 0.2) is 0 Å². The molecule has 0 aromatic heterocycles. The minimum Gasteiger partial charge on any atom is -0.481 e. The Kier molecular flexibility index (Phi) is 2.45. The van der Waals surface area contributed by atoms with Gasteiger partial charge in [0.05, 0.1) is 5.92 Å². The molecule has 1 aliphatic rings. The van der Waals surface area contributed by atoms with Gasteiger partial charge in [-0.25, -0.2) is 0 Å². The van der Waals surface area contributed by atoms with Crippen LogP contribution in [0.3, 0.4) is 0 Å². The Morgan fingerprint density at radius 3 is 2.17 bits per heavy atom. The van der Waals surface area contributed by atoms with Crippen molar-refractivity contribution in [2.24, 2.45) is 17.3 Å². The summed E-state index contributed by atoms with van der Waals surface area (Å²) in [6, 6.07) is 0. The predicted molar refractivity (Wildman–Crippen MR) is 47.9 cm³/mol. The lowest BCUT2D eigenvalue weighted by molar-refractivity contribution is -0.141. The normalized spacial score (nSPS) is 30.6. The summed E-state index contributed by atoms with van der Waals surface area (Å²) in [7, 11) is 0. The molecule has 1 aliphatic carbocycles. The average Bonchev–Trinajstić information content (AvgIpc) is 2.30. The third-order valence-electron chi connectivity index (χ3n) is 3.01. The molecular formula is C10H18O2. The van der Waals surface area contributed by atoms with Crippen LogP contribution in [0.2, 0.25) is 0 Å². The molecule has 12 heavy (non-hydrogen) atoms. The van der Waals surface area contributed by atoms with Crippen molar-refractivity contribution in [1.82, 2.24) is 0 Å². The van der Waals surface area contributed by atoms with Crippen molar-refractivity contribution >= 4 is 5.97 Å². The van der Waals surface area contributed by atoms with E-state index in [-0.39, 0.29) is 11.3 Å². The smallest absolute Gasteiger partial charge is 0.306 e. The van der Waals surface area contributed by atoms with Gasteiger partial charge in [-0.05, 0) is 30.6 Å². The lowest BCUT2D eigenvalue weighted by Crippen LogP contribution is -2.18. The van der Waals surface area contributed by atoms with E-state index in [4.69, 9.17) is 5.11 Å². The molecule has 0 aliphatic heterocycles. The molecule has 2 nitrogen and oxygen atoms in total. The van der Waals surface area contributed by atoms with E-state index in [1.165, 1.54) is 0 Å². The molecule has 0 saturated heterocycles. The van der Waals surface area contributed by atoms with Gasteiger partial charge in [0, 0.05) is 0 Å². The predicted octanol–water partition coefficient (Wildman–Crippen LogP) is 2.53. The summed E-state index contributed by atoms with van der Waals surface area (Å²) in [6.45, 7) is 6.59. The van der Waals surface area contributed by atoms with E-state index >= 15 is 0 Å². The molecule has 2 heteroatoms. The highest BCUT2D eigenvalue weighted by Gasteiger charge is 2.35. The fraction of sp³-hybridized carbons (Fsp3) is 0.900. The molecule has 0 amide bonds. The first-order valence-corrected chi connectivity index (χ1v) is 4.64. The Morgan fingerprint density at radius 2 is 1.92 bits per heavy atom. The summed E-state index contributed by atoms with van der Waals surface area (Å²) >= 11 is 0. The van der Waals surface area contributed by atoms with E-state index in [0.29, 0.717) is 5.92 Å². The molecule has 1 rings (SSSR count). The fourth-order valence-electron chi connectivity index (χ4n) is 1.99. The van der Waals surface area contributed by atoms with Crippen molar-refractivity contribution in [3.05, 3.63) is 0 Å². The van der Waals surface area contributed by atoms with E-state index in [9.17, 15) is 4.79 Å². The number of aliphatic carboxylic acids is 1. The van der Waals surface area contributed by atoms with Crippen LogP contribution in [-0.4, -0.2) is 11.1 Å². The first kappa shape index (κ1) is 9.56. The summed E-state index contributed by atoms with van der Waals surface area (Å²) in [5, 5.41) is 8.80. The first-order chi connectivity index (χ1) is 5.41. The van der Waals surface area contributed by atoms with E-state index in [2.05, 4.69) is 20.8 Å². The highest BCUT2D eigenvalue weighted by Crippen LogP contribution is 2.41. The molecule has 0 radical (unpaired) electrons. The van der Waals surface area contributed by atoms with Gasteiger partial charge < -0.3 is 5.11 Å². The van der Waals surface area contributed by atoms with Crippen molar-refractivity contribution in [2.45, 2.75) is 40.0 Å². The second kappa shape index (κ2) is 3.08. The zero-order chi connectivity index (χ0) is 9.35. The molecule has 1 fully saturated rings. The van der Waals surface area contributed by atoms with Gasteiger partial charge in [-0.2, -0.15) is 0 Å². The quantitative estimate of drug-likeness (QED) is 0.656. The lowest BCUT2D eigenvalue weighted by Gasteiger charge is -2.26. The Bertz CT molecular complexity index is 179. The van der Waals surface area contributed by atoms with Crippen LogP contribution in [0.25, 0.3) is 0 Å². The lowest BCUT2D eigenvalue weighted by atomic mass is 9.79. The van der Waals surface area contributed by atoms with Gasteiger partial charge in [-0.1, -0.05) is 20.8 Å². The second-order valence-corrected chi connectivity index (χ2v) is 4.91. The molecule has 1 N–H and O–H groups in total. The van der Waals surface area contributed by atoms with E-state index in [1.54, 1.807) is 0 Å². The van der Waals surface area contributed by atoms with Crippen molar-refractivity contribution in [3.63, 3.8) is 0 Å². The van der Waals surface area contributed by atoms with Crippen LogP contribution >= 0.6 is 0 Å². The molecule has 2 atom stereocenters. The fourth-order valence-corrected chi connectivity index (χ4v) is 1.99. The minimum absolute atomic E-state index is 0.0748. The minimum atomic E-state index is -0.609. The molecule has 1 saturated carbocycles. The first-order valence-electron chi connectivity index (χ1n) is 4.64. The zero-order valence-electron chi connectivity index (χ0n) is 8.13. The molecule has 0 aromatic carbocycles. The molecule has 0 aromatic rings.